The molecule has 1 saturated heterocycles. The predicted molar refractivity (Wildman–Crippen MR) is 77.2 cm³/mol. The van der Waals surface area contributed by atoms with Crippen molar-refractivity contribution in [2.45, 2.75) is 25.1 Å². The fraction of sp³-hybridized carbons (Fsp3) is 0.429. The number of hydrogen-bond acceptors (Lipinski definition) is 5. The SMILES string of the molecule is Cn1cc(-c2cc(C(F)(F)F)nc(N3CCCC3C(=O)O)n2)cn1. The zero-order chi connectivity index (χ0) is 17.5. The van der Waals surface area contributed by atoms with E-state index in [4.69, 9.17) is 0 Å². The van der Waals surface area contributed by atoms with Gasteiger partial charge in [-0.3, -0.25) is 4.68 Å². The van der Waals surface area contributed by atoms with Crippen molar-refractivity contribution in [1.29, 1.82) is 0 Å². The van der Waals surface area contributed by atoms with Gasteiger partial charge in [0.05, 0.1) is 11.9 Å². The van der Waals surface area contributed by atoms with Gasteiger partial charge in [-0.25, -0.2) is 14.8 Å². The molecule has 3 heterocycles. The lowest BCUT2D eigenvalue weighted by molar-refractivity contribution is -0.141. The van der Waals surface area contributed by atoms with Crippen molar-refractivity contribution in [2.75, 3.05) is 11.4 Å². The summed E-state index contributed by atoms with van der Waals surface area (Å²) in [6.07, 6.45) is -0.834. The Morgan fingerprint density at radius 1 is 1.38 bits per heavy atom. The standard InChI is InChI=1S/C14H14F3N5O2/c1-21-7-8(6-18-21)9-5-11(14(15,16)17)20-13(19-9)22-4-2-3-10(22)12(23)24/h5-7,10H,2-4H2,1H3,(H,23,24). The molecule has 1 fully saturated rings. The Bertz CT molecular complexity index is 774. The van der Waals surface area contributed by atoms with Gasteiger partial charge in [0.1, 0.15) is 6.04 Å². The van der Waals surface area contributed by atoms with Gasteiger partial charge in [-0.2, -0.15) is 18.3 Å². The van der Waals surface area contributed by atoms with Gasteiger partial charge in [0.2, 0.25) is 5.95 Å². The number of carbonyl (C=O) groups is 1. The Morgan fingerprint density at radius 2 is 2.12 bits per heavy atom. The molecule has 1 unspecified atom stereocenters. The van der Waals surface area contributed by atoms with Crippen LogP contribution in [0.5, 0.6) is 0 Å². The van der Waals surface area contributed by atoms with Gasteiger partial charge in [0, 0.05) is 25.4 Å². The van der Waals surface area contributed by atoms with Crippen LogP contribution in [0.2, 0.25) is 0 Å². The lowest BCUT2D eigenvalue weighted by atomic mass is 10.2. The molecule has 0 saturated carbocycles. The van der Waals surface area contributed by atoms with Gasteiger partial charge in [0.25, 0.3) is 0 Å². The van der Waals surface area contributed by atoms with E-state index in [0.717, 1.165) is 6.07 Å². The van der Waals surface area contributed by atoms with E-state index in [1.807, 2.05) is 0 Å². The van der Waals surface area contributed by atoms with Crippen LogP contribution in [0.3, 0.4) is 0 Å². The number of carboxylic acids is 1. The number of aromatic nitrogens is 4. The monoisotopic (exact) mass is 341 g/mol. The molecule has 0 aromatic carbocycles. The highest BCUT2D eigenvalue weighted by molar-refractivity contribution is 5.78. The number of carboxylic acid groups (broad SMARTS) is 1. The largest absolute Gasteiger partial charge is 0.480 e. The zero-order valence-corrected chi connectivity index (χ0v) is 12.7. The third-order valence-electron chi connectivity index (χ3n) is 3.80. The highest BCUT2D eigenvalue weighted by atomic mass is 19.4. The lowest BCUT2D eigenvalue weighted by Crippen LogP contribution is -2.37. The van der Waals surface area contributed by atoms with E-state index in [1.54, 1.807) is 7.05 Å². The van der Waals surface area contributed by atoms with Crippen molar-refractivity contribution in [1.82, 2.24) is 19.7 Å². The molecular formula is C14H14F3N5O2. The van der Waals surface area contributed by atoms with Crippen molar-refractivity contribution in [3.05, 3.63) is 24.2 Å². The molecule has 0 bridgehead atoms. The second-order valence-electron chi connectivity index (χ2n) is 5.53. The lowest BCUT2D eigenvalue weighted by Gasteiger charge is -2.22. The number of nitrogens with zero attached hydrogens (tertiary/aromatic N) is 5. The van der Waals surface area contributed by atoms with Crippen LogP contribution in [-0.4, -0.2) is 43.4 Å². The summed E-state index contributed by atoms with van der Waals surface area (Å²) in [6.45, 7) is 0.296. The molecule has 1 N–H and O–H groups in total. The van der Waals surface area contributed by atoms with Crippen LogP contribution in [0.25, 0.3) is 11.3 Å². The maximum atomic E-state index is 13.2. The minimum absolute atomic E-state index is 0.0523. The molecule has 10 heteroatoms. The van der Waals surface area contributed by atoms with E-state index in [1.165, 1.54) is 22.0 Å². The fourth-order valence-corrected chi connectivity index (χ4v) is 2.67. The maximum Gasteiger partial charge on any atom is 0.433 e. The van der Waals surface area contributed by atoms with E-state index in [2.05, 4.69) is 15.1 Å². The summed E-state index contributed by atoms with van der Waals surface area (Å²) in [5.74, 6) is -1.33. The molecule has 1 aliphatic rings. The molecule has 3 rings (SSSR count). The molecule has 2 aromatic heterocycles. The van der Waals surface area contributed by atoms with E-state index in [0.29, 0.717) is 24.9 Å². The Hall–Kier alpha value is -2.65. The van der Waals surface area contributed by atoms with Crippen LogP contribution < -0.4 is 4.90 Å². The first-order valence-corrected chi connectivity index (χ1v) is 7.20. The summed E-state index contributed by atoms with van der Waals surface area (Å²) in [7, 11) is 1.64. The van der Waals surface area contributed by atoms with Crippen LogP contribution in [0.4, 0.5) is 19.1 Å². The van der Waals surface area contributed by atoms with Crippen LogP contribution in [0.15, 0.2) is 18.5 Å². The van der Waals surface area contributed by atoms with Gasteiger partial charge in [0.15, 0.2) is 5.69 Å². The molecule has 24 heavy (non-hydrogen) atoms. The van der Waals surface area contributed by atoms with Crippen molar-refractivity contribution in [3.63, 3.8) is 0 Å². The topological polar surface area (TPSA) is 84.1 Å². The highest BCUT2D eigenvalue weighted by Crippen LogP contribution is 2.33. The predicted octanol–water partition coefficient (Wildman–Crippen LogP) is 1.95. The van der Waals surface area contributed by atoms with Gasteiger partial charge in [-0.05, 0) is 18.9 Å². The number of anilines is 1. The second-order valence-corrected chi connectivity index (χ2v) is 5.53. The quantitative estimate of drug-likeness (QED) is 0.919. The normalized spacial score (nSPS) is 18.2. The van der Waals surface area contributed by atoms with Gasteiger partial charge < -0.3 is 10.0 Å². The van der Waals surface area contributed by atoms with Gasteiger partial charge >= 0.3 is 12.1 Å². The van der Waals surface area contributed by atoms with Gasteiger partial charge in [-0.15, -0.1) is 0 Å². The third-order valence-corrected chi connectivity index (χ3v) is 3.80. The minimum atomic E-state index is -4.66. The summed E-state index contributed by atoms with van der Waals surface area (Å²) in [5.41, 5.74) is -0.656. The maximum absolute atomic E-state index is 13.2. The minimum Gasteiger partial charge on any atom is -0.480 e. The molecule has 0 amide bonds. The fourth-order valence-electron chi connectivity index (χ4n) is 2.67. The zero-order valence-electron chi connectivity index (χ0n) is 12.7. The smallest absolute Gasteiger partial charge is 0.433 e. The molecule has 2 aromatic rings. The average molecular weight is 341 g/mol. The van der Waals surface area contributed by atoms with Crippen molar-refractivity contribution in [2.24, 2.45) is 7.05 Å². The summed E-state index contributed by atoms with van der Waals surface area (Å²) in [5, 5.41) is 13.2. The first-order chi connectivity index (χ1) is 11.3. The molecule has 0 aliphatic carbocycles. The summed E-state index contributed by atoms with van der Waals surface area (Å²) in [4.78, 5) is 20.3. The van der Waals surface area contributed by atoms with Gasteiger partial charge in [-0.1, -0.05) is 0 Å². The Labute approximate surface area is 134 Å². The molecule has 7 nitrogen and oxygen atoms in total. The second kappa shape index (κ2) is 5.77. The Kier molecular flexibility index (Phi) is 3.90. The van der Waals surface area contributed by atoms with Crippen LogP contribution in [-0.2, 0) is 18.0 Å². The van der Waals surface area contributed by atoms with E-state index in [-0.39, 0.29) is 11.6 Å². The number of alkyl halides is 3. The third kappa shape index (κ3) is 3.03. The number of aliphatic carboxylic acids is 1. The average Bonchev–Trinajstić information content (AvgIpc) is 3.14. The van der Waals surface area contributed by atoms with Crippen LogP contribution in [0.1, 0.15) is 18.5 Å². The number of rotatable bonds is 3. The van der Waals surface area contributed by atoms with Crippen LogP contribution in [0, 0.1) is 0 Å². The number of halogens is 3. The number of hydrogen-bond donors (Lipinski definition) is 1. The van der Waals surface area contributed by atoms with E-state index >= 15 is 0 Å². The Morgan fingerprint density at radius 3 is 2.71 bits per heavy atom. The summed E-state index contributed by atoms with van der Waals surface area (Å²) in [6, 6.07) is -0.0814. The highest BCUT2D eigenvalue weighted by Gasteiger charge is 2.37. The first-order valence-electron chi connectivity index (χ1n) is 7.20. The van der Waals surface area contributed by atoms with Crippen molar-refractivity contribution < 1.29 is 23.1 Å². The molecule has 0 spiro atoms. The van der Waals surface area contributed by atoms with E-state index in [9.17, 15) is 23.1 Å². The number of aryl methyl sites for hydroxylation is 1. The van der Waals surface area contributed by atoms with E-state index < -0.39 is 23.9 Å². The molecule has 1 aliphatic heterocycles. The molecule has 128 valence electrons. The molecule has 0 radical (unpaired) electrons. The Balaban J connectivity index is 2.10. The molecular weight excluding hydrogens is 327 g/mol. The van der Waals surface area contributed by atoms with Crippen molar-refractivity contribution in [3.8, 4) is 11.3 Å². The molecule has 1 atom stereocenters. The summed E-state index contributed by atoms with van der Waals surface area (Å²) >= 11 is 0. The van der Waals surface area contributed by atoms with Crippen molar-refractivity contribution >= 4 is 11.9 Å². The van der Waals surface area contributed by atoms with Crippen LogP contribution >= 0.6 is 0 Å². The first kappa shape index (κ1) is 16.2. The summed E-state index contributed by atoms with van der Waals surface area (Å²) < 4.78 is 40.9.